The Morgan fingerprint density at radius 2 is 1.11 bits per heavy atom. The third kappa shape index (κ3) is 17.2. The number of hydrogen-bond acceptors (Lipinski definition) is 10. The summed E-state index contributed by atoms with van der Waals surface area (Å²) >= 11 is 2.99. The van der Waals surface area contributed by atoms with Gasteiger partial charge >= 0.3 is 24.1 Å². The number of β-amino-alcohol motifs (C(OH)–C–C–N with tert-alkyl or cyclic N) is 1. The van der Waals surface area contributed by atoms with Crippen molar-refractivity contribution in [3.8, 4) is 0 Å². The molecule has 2 aromatic carbocycles. The van der Waals surface area contributed by atoms with E-state index >= 15 is 0 Å². The number of carbonyl (C=O) groups is 4. The average molecular weight is 724 g/mol. The number of aliphatic hydroxyl groups excluding tert-OH is 1. The maximum Gasteiger partial charge on any atom is 0.410 e. The summed E-state index contributed by atoms with van der Waals surface area (Å²) in [6.45, 7) is 13.0. The van der Waals surface area contributed by atoms with Crippen LogP contribution in [-0.2, 0) is 46.5 Å². The maximum atomic E-state index is 11.8. The van der Waals surface area contributed by atoms with Crippen LogP contribution in [0.4, 0.5) is 9.59 Å². The van der Waals surface area contributed by atoms with E-state index in [0.29, 0.717) is 26.2 Å². The zero-order valence-electron chi connectivity index (χ0n) is 28.0. The monoisotopic (exact) mass is 722 g/mol. The summed E-state index contributed by atoms with van der Waals surface area (Å²) in [6.07, 6.45) is -1.25. The van der Waals surface area contributed by atoms with Crippen molar-refractivity contribution in [3.63, 3.8) is 0 Å². The van der Waals surface area contributed by atoms with Crippen molar-refractivity contribution in [1.29, 1.82) is 0 Å². The van der Waals surface area contributed by atoms with Gasteiger partial charge in [0, 0.05) is 0 Å². The van der Waals surface area contributed by atoms with Gasteiger partial charge in [0.1, 0.15) is 36.4 Å². The lowest BCUT2D eigenvalue weighted by Gasteiger charge is -2.37. The molecule has 2 aliphatic rings. The van der Waals surface area contributed by atoms with Crippen molar-refractivity contribution < 1.29 is 48.0 Å². The van der Waals surface area contributed by atoms with Crippen LogP contribution in [0.25, 0.3) is 0 Å². The van der Waals surface area contributed by atoms with Gasteiger partial charge in [-0.05, 0) is 52.7 Å². The lowest BCUT2D eigenvalue weighted by Crippen LogP contribution is -2.55. The number of esters is 2. The fourth-order valence-corrected chi connectivity index (χ4v) is 3.96. The molecule has 0 atom stereocenters. The van der Waals surface area contributed by atoms with Gasteiger partial charge in [-0.25, -0.2) is 14.4 Å². The van der Waals surface area contributed by atoms with Gasteiger partial charge in [-0.2, -0.15) is 0 Å². The van der Waals surface area contributed by atoms with Crippen molar-refractivity contribution in [2.45, 2.75) is 78.2 Å². The number of amides is 2. The second-order valence-corrected chi connectivity index (χ2v) is 13.3. The fourth-order valence-electron chi connectivity index (χ4n) is 3.84. The molecule has 0 unspecified atom stereocenters. The Hall–Kier alpha value is -3.68. The van der Waals surface area contributed by atoms with Crippen molar-refractivity contribution in [2.24, 2.45) is 0 Å². The van der Waals surface area contributed by atoms with Crippen LogP contribution in [0.3, 0.4) is 0 Å². The summed E-state index contributed by atoms with van der Waals surface area (Å²) in [4.78, 5) is 48.3. The molecule has 0 aliphatic carbocycles. The van der Waals surface area contributed by atoms with E-state index in [1.807, 2.05) is 81.4 Å². The van der Waals surface area contributed by atoms with Gasteiger partial charge in [0.2, 0.25) is 0 Å². The minimum atomic E-state index is -0.520. The highest BCUT2D eigenvalue weighted by Gasteiger charge is 2.33. The molecule has 2 aliphatic heterocycles. The summed E-state index contributed by atoms with van der Waals surface area (Å²) in [5, 5.41) is 9.27. The molecule has 2 fully saturated rings. The number of ether oxygens (including phenoxy) is 5. The molecule has 0 bridgehead atoms. The molecular weight excluding hydrogens is 676 g/mol. The van der Waals surface area contributed by atoms with Crippen LogP contribution in [0.2, 0.25) is 0 Å². The Balaban J connectivity index is 0.000000274. The lowest BCUT2D eigenvalue weighted by atomic mass is 10.2. The summed E-state index contributed by atoms with van der Waals surface area (Å²) in [7, 11) is 0. The molecule has 4 rings (SSSR count). The first-order valence-electron chi connectivity index (χ1n) is 15.2. The van der Waals surface area contributed by atoms with Crippen molar-refractivity contribution in [2.75, 3.05) is 38.1 Å². The molecule has 2 saturated heterocycles. The Morgan fingerprint density at radius 3 is 1.47 bits per heavy atom. The summed E-state index contributed by atoms with van der Waals surface area (Å²) in [6, 6.07) is 19.0. The van der Waals surface area contributed by atoms with Crippen LogP contribution in [0, 0.1) is 0 Å². The van der Waals surface area contributed by atoms with E-state index in [0.717, 1.165) is 11.1 Å². The number of nitrogens with zero attached hydrogens (tertiary/aromatic N) is 2. The number of aliphatic hydroxyl groups is 1. The van der Waals surface area contributed by atoms with Crippen LogP contribution in [0.15, 0.2) is 60.7 Å². The first kappa shape index (κ1) is 39.5. The second kappa shape index (κ2) is 19.2. The molecule has 13 heteroatoms. The highest BCUT2D eigenvalue weighted by molar-refractivity contribution is 9.09. The number of halogens is 1. The number of benzene rings is 2. The molecule has 2 aromatic rings. The Bertz CT molecular complexity index is 1250. The van der Waals surface area contributed by atoms with Crippen LogP contribution in [0.1, 0.15) is 52.7 Å². The largest absolute Gasteiger partial charge is 0.459 e. The van der Waals surface area contributed by atoms with Crippen molar-refractivity contribution in [3.05, 3.63) is 71.8 Å². The molecule has 47 heavy (non-hydrogen) atoms. The Morgan fingerprint density at radius 1 is 0.702 bits per heavy atom. The molecule has 0 aromatic heterocycles. The third-order valence-electron chi connectivity index (χ3n) is 6.02. The van der Waals surface area contributed by atoms with Gasteiger partial charge in [-0.15, -0.1) is 0 Å². The van der Waals surface area contributed by atoms with E-state index in [4.69, 9.17) is 28.8 Å². The first-order valence-corrected chi connectivity index (χ1v) is 16.4. The van der Waals surface area contributed by atoms with E-state index in [9.17, 15) is 19.2 Å². The number of carbonyl (C=O) groups excluding carboxylic acids is 4. The standard InChI is InChI=1S/C17H23NO5.C11H13NO3.C6H11BrO2/c1-17(2,3)23-15(19)12-21-14-9-18(10-14)16(20)22-11-13-7-5-4-6-8-13;13-10-6-12(7-10)11(14)15-8-9-4-2-1-3-5-9;1-6(2,3)9-5(8)4-7/h4-8,14H,9-12H2,1-3H3;1-5,10,13H,6-8H2;4H2,1-3H3. The third-order valence-corrected chi connectivity index (χ3v) is 6.48. The SMILES string of the molecule is CC(C)(C)OC(=O)CBr.CC(C)(C)OC(=O)COC1CN(C(=O)OCc2ccccc2)C1.O=C(OCc1ccccc1)N1CC(O)C1. The molecule has 0 saturated carbocycles. The normalized spacial score (nSPS) is 14.6. The van der Waals surface area contributed by atoms with Crippen LogP contribution < -0.4 is 0 Å². The predicted octanol–water partition coefficient (Wildman–Crippen LogP) is 5.09. The summed E-state index contributed by atoms with van der Waals surface area (Å²) in [5.41, 5.74) is 1.03. The minimum Gasteiger partial charge on any atom is -0.459 e. The topological polar surface area (TPSA) is 141 Å². The van der Waals surface area contributed by atoms with Gasteiger partial charge in [0.15, 0.2) is 0 Å². The molecule has 260 valence electrons. The lowest BCUT2D eigenvalue weighted by molar-refractivity contribution is -0.165. The predicted molar refractivity (Wildman–Crippen MR) is 178 cm³/mol. The molecule has 0 spiro atoms. The molecule has 12 nitrogen and oxygen atoms in total. The second-order valence-electron chi connectivity index (χ2n) is 12.8. The molecule has 0 radical (unpaired) electrons. The molecule has 2 amide bonds. The molecular formula is C34H47BrN2O10. The highest BCUT2D eigenvalue weighted by Crippen LogP contribution is 2.15. The Labute approximate surface area is 285 Å². The number of rotatable bonds is 8. The van der Waals surface area contributed by atoms with Gasteiger partial charge in [0.05, 0.1) is 38.4 Å². The molecule has 2 heterocycles. The van der Waals surface area contributed by atoms with E-state index in [1.54, 1.807) is 25.7 Å². The first-order chi connectivity index (χ1) is 22.0. The summed E-state index contributed by atoms with van der Waals surface area (Å²) in [5.74, 6) is -0.620. The van der Waals surface area contributed by atoms with E-state index in [-0.39, 0.29) is 61.1 Å². The fraction of sp³-hybridized carbons (Fsp3) is 0.529. The van der Waals surface area contributed by atoms with Gasteiger partial charge in [0.25, 0.3) is 0 Å². The van der Waals surface area contributed by atoms with E-state index in [1.165, 1.54) is 4.90 Å². The maximum absolute atomic E-state index is 11.8. The minimum absolute atomic E-state index is 0.102. The van der Waals surface area contributed by atoms with Crippen LogP contribution in [0.5, 0.6) is 0 Å². The van der Waals surface area contributed by atoms with Gasteiger partial charge in [-0.1, -0.05) is 76.6 Å². The zero-order valence-corrected chi connectivity index (χ0v) is 29.6. The van der Waals surface area contributed by atoms with E-state index < -0.39 is 11.6 Å². The number of alkyl halides is 1. The highest BCUT2D eigenvalue weighted by atomic mass is 79.9. The quantitative estimate of drug-likeness (QED) is 0.223. The average Bonchev–Trinajstić information content (AvgIpc) is 2.96. The van der Waals surface area contributed by atoms with Gasteiger partial charge < -0.3 is 38.6 Å². The van der Waals surface area contributed by atoms with Crippen molar-refractivity contribution >= 4 is 40.1 Å². The van der Waals surface area contributed by atoms with Crippen molar-refractivity contribution in [1.82, 2.24) is 9.80 Å². The van der Waals surface area contributed by atoms with Gasteiger partial charge in [-0.3, -0.25) is 4.79 Å². The summed E-state index contributed by atoms with van der Waals surface area (Å²) < 4.78 is 25.7. The Kier molecular flexibility index (Phi) is 16.1. The van der Waals surface area contributed by atoms with E-state index in [2.05, 4.69) is 15.9 Å². The smallest absolute Gasteiger partial charge is 0.410 e. The van der Waals surface area contributed by atoms with Crippen LogP contribution in [-0.4, -0.2) is 101 Å². The van der Waals surface area contributed by atoms with Crippen LogP contribution >= 0.6 is 15.9 Å². The number of hydrogen-bond donors (Lipinski definition) is 1. The zero-order chi connectivity index (χ0) is 35.0. The number of likely N-dealkylation sites (tertiary alicyclic amines) is 2. The molecule has 1 N–H and O–H groups in total.